The fraction of sp³-hybridized carbons (Fsp3) is 0.294. The molecule has 0 bridgehead atoms. The average molecular weight is 374 g/mol. The molecule has 3 heterocycles. The van der Waals surface area contributed by atoms with E-state index in [1.54, 1.807) is 23.7 Å². The summed E-state index contributed by atoms with van der Waals surface area (Å²) in [5.74, 6) is 0.846. The zero-order valence-electron chi connectivity index (χ0n) is 13.5. The number of benzene rings is 1. The Labute approximate surface area is 150 Å². The lowest BCUT2D eigenvalue weighted by Gasteiger charge is -2.32. The first-order chi connectivity index (χ1) is 12.1. The number of hydrogen-bond donors (Lipinski definition) is 1. The second-order valence-corrected chi connectivity index (χ2v) is 8.92. The lowest BCUT2D eigenvalue weighted by Crippen LogP contribution is -2.44. The van der Waals surface area contributed by atoms with Gasteiger partial charge >= 0.3 is 0 Å². The van der Waals surface area contributed by atoms with Crippen molar-refractivity contribution < 1.29 is 8.42 Å². The van der Waals surface area contributed by atoms with Gasteiger partial charge in [0.25, 0.3) is 0 Å². The Bertz CT molecular complexity index is 965. The van der Waals surface area contributed by atoms with Crippen LogP contribution in [-0.2, 0) is 10.0 Å². The summed E-state index contributed by atoms with van der Waals surface area (Å²) < 4.78 is 27.8. The van der Waals surface area contributed by atoms with Gasteiger partial charge in [0.15, 0.2) is 0 Å². The van der Waals surface area contributed by atoms with Gasteiger partial charge in [0.1, 0.15) is 10.0 Å². The maximum Gasteiger partial charge on any atom is 0.250 e. The number of fused-ring (bicyclic) bond motifs is 1. The minimum atomic E-state index is -3.41. The summed E-state index contributed by atoms with van der Waals surface area (Å²) >= 11 is 1.24. The number of rotatable bonds is 4. The molecule has 0 unspecified atom stereocenters. The summed E-state index contributed by atoms with van der Waals surface area (Å²) in [5.41, 5.74) is 1.75. The van der Waals surface area contributed by atoms with Gasteiger partial charge in [-0.05, 0) is 36.4 Å². The van der Waals surface area contributed by atoms with E-state index in [2.05, 4.69) is 19.6 Å². The molecule has 8 heteroatoms. The minimum Gasteiger partial charge on any atom is -0.355 e. The quantitative estimate of drug-likeness (QED) is 0.760. The van der Waals surface area contributed by atoms with E-state index in [1.165, 1.54) is 11.3 Å². The van der Waals surface area contributed by atoms with Crippen LogP contribution in [0.25, 0.3) is 11.0 Å². The van der Waals surface area contributed by atoms with Gasteiger partial charge < -0.3 is 4.90 Å². The molecule has 0 radical (unpaired) electrons. The van der Waals surface area contributed by atoms with Gasteiger partial charge in [-0.25, -0.2) is 18.1 Å². The number of nitrogens with one attached hydrogen (secondary N) is 1. The fourth-order valence-electron chi connectivity index (χ4n) is 3.02. The van der Waals surface area contributed by atoms with Crippen molar-refractivity contribution in [3.63, 3.8) is 0 Å². The third-order valence-corrected chi connectivity index (χ3v) is 7.25. The molecule has 6 nitrogen and oxygen atoms in total. The molecule has 1 aliphatic heterocycles. The highest BCUT2D eigenvalue weighted by Gasteiger charge is 2.25. The van der Waals surface area contributed by atoms with Gasteiger partial charge in [0.2, 0.25) is 10.0 Å². The molecule has 3 aromatic rings. The van der Waals surface area contributed by atoms with E-state index in [0.29, 0.717) is 4.21 Å². The van der Waals surface area contributed by atoms with Crippen LogP contribution in [0.2, 0.25) is 0 Å². The van der Waals surface area contributed by atoms with Crippen LogP contribution in [0.5, 0.6) is 0 Å². The fourth-order valence-corrected chi connectivity index (χ4v) is 5.33. The number of para-hydroxylation sites is 2. The van der Waals surface area contributed by atoms with Crippen molar-refractivity contribution in [3.8, 4) is 0 Å². The van der Waals surface area contributed by atoms with Crippen LogP contribution in [0.3, 0.4) is 0 Å². The maximum atomic E-state index is 12.3. The first-order valence-electron chi connectivity index (χ1n) is 8.14. The van der Waals surface area contributed by atoms with Crippen molar-refractivity contribution in [2.24, 2.45) is 0 Å². The zero-order chi connectivity index (χ0) is 17.3. The molecular formula is C17H18N4O2S2. The molecule has 130 valence electrons. The van der Waals surface area contributed by atoms with Crippen molar-refractivity contribution in [3.05, 3.63) is 48.0 Å². The highest BCUT2D eigenvalue weighted by Crippen LogP contribution is 2.22. The third kappa shape index (κ3) is 3.51. The minimum absolute atomic E-state index is 0.0447. The Morgan fingerprint density at radius 1 is 1.08 bits per heavy atom. The van der Waals surface area contributed by atoms with Crippen LogP contribution in [-0.4, -0.2) is 37.5 Å². The smallest absolute Gasteiger partial charge is 0.250 e. The summed E-state index contributed by atoms with van der Waals surface area (Å²) in [5, 5.41) is 1.77. The summed E-state index contributed by atoms with van der Waals surface area (Å²) in [7, 11) is -3.41. The number of hydrogen-bond acceptors (Lipinski definition) is 6. The van der Waals surface area contributed by atoms with Crippen LogP contribution < -0.4 is 9.62 Å². The van der Waals surface area contributed by atoms with Gasteiger partial charge in [-0.1, -0.05) is 18.2 Å². The number of nitrogens with zero attached hydrogens (tertiary/aromatic N) is 3. The molecular weight excluding hydrogens is 356 g/mol. The molecule has 2 aromatic heterocycles. The van der Waals surface area contributed by atoms with E-state index >= 15 is 0 Å². The van der Waals surface area contributed by atoms with E-state index in [0.717, 1.165) is 42.8 Å². The van der Waals surface area contributed by atoms with Gasteiger partial charge in [-0.15, -0.1) is 11.3 Å². The third-order valence-electron chi connectivity index (χ3n) is 4.34. The first kappa shape index (κ1) is 16.4. The molecule has 0 aliphatic carbocycles. The number of piperidine rings is 1. The maximum absolute atomic E-state index is 12.3. The molecule has 0 amide bonds. The predicted molar refractivity (Wildman–Crippen MR) is 99.4 cm³/mol. The summed E-state index contributed by atoms with van der Waals surface area (Å²) in [6, 6.07) is 11.1. The average Bonchev–Trinajstić information content (AvgIpc) is 3.17. The lowest BCUT2D eigenvalue weighted by molar-refractivity contribution is 0.459. The molecule has 1 aromatic carbocycles. The SMILES string of the molecule is O=S(=O)(NC1CCN(c2cnc3ccccc3n2)CC1)c1cccs1. The van der Waals surface area contributed by atoms with Crippen molar-refractivity contribution in [1.82, 2.24) is 14.7 Å². The highest BCUT2D eigenvalue weighted by molar-refractivity contribution is 7.91. The van der Waals surface area contributed by atoms with Crippen molar-refractivity contribution in [2.45, 2.75) is 23.1 Å². The van der Waals surface area contributed by atoms with Crippen molar-refractivity contribution in [2.75, 3.05) is 18.0 Å². The molecule has 0 saturated carbocycles. The molecule has 1 aliphatic rings. The molecule has 0 atom stereocenters. The van der Waals surface area contributed by atoms with Crippen LogP contribution in [0.4, 0.5) is 5.82 Å². The molecule has 25 heavy (non-hydrogen) atoms. The zero-order valence-corrected chi connectivity index (χ0v) is 15.1. The second-order valence-electron chi connectivity index (χ2n) is 6.03. The predicted octanol–water partition coefficient (Wildman–Crippen LogP) is 2.64. The van der Waals surface area contributed by atoms with E-state index < -0.39 is 10.0 Å². The number of anilines is 1. The topological polar surface area (TPSA) is 75.2 Å². The largest absolute Gasteiger partial charge is 0.355 e. The van der Waals surface area contributed by atoms with Crippen LogP contribution in [0.1, 0.15) is 12.8 Å². The Hall–Kier alpha value is -2.03. The summed E-state index contributed by atoms with van der Waals surface area (Å²) in [6.07, 6.45) is 3.29. The number of thiophene rings is 1. The van der Waals surface area contributed by atoms with Gasteiger partial charge in [-0.3, -0.25) is 4.98 Å². The van der Waals surface area contributed by atoms with Crippen LogP contribution >= 0.6 is 11.3 Å². The second kappa shape index (κ2) is 6.70. The molecule has 1 saturated heterocycles. The molecule has 4 rings (SSSR count). The summed E-state index contributed by atoms with van der Waals surface area (Å²) in [4.78, 5) is 11.3. The van der Waals surface area contributed by atoms with Crippen molar-refractivity contribution >= 4 is 38.2 Å². The highest BCUT2D eigenvalue weighted by atomic mass is 32.2. The summed E-state index contributed by atoms with van der Waals surface area (Å²) in [6.45, 7) is 1.51. The lowest BCUT2D eigenvalue weighted by atomic mass is 10.1. The number of sulfonamides is 1. The van der Waals surface area contributed by atoms with Gasteiger partial charge in [0, 0.05) is 19.1 Å². The Morgan fingerprint density at radius 2 is 1.84 bits per heavy atom. The Kier molecular flexibility index (Phi) is 4.41. The normalized spacial score (nSPS) is 16.4. The van der Waals surface area contributed by atoms with Crippen LogP contribution in [0, 0.1) is 0 Å². The van der Waals surface area contributed by atoms with E-state index in [1.807, 2.05) is 24.3 Å². The van der Waals surface area contributed by atoms with E-state index in [4.69, 9.17) is 0 Å². The molecule has 1 fully saturated rings. The molecule has 0 spiro atoms. The number of aromatic nitrogens is 2. The Morgan fingerprint density at radius 3 is 2.56 bits per heavy atom. The van der Waals surface area contributed by atoms with E-state index in [-0.39, 0.29) is 6.04 Å². The van der Waals surface area contributed by atoms with Gasteiger partial charge in [0.05, 0.1) is 17.2 Å². The Balaban J connectivity index is 1.42. The van der Waals surface area contributed by atoms with Crippen molar-refractivity contribution in [1.29, 1.82) is 0 Å². The van der Waals surface area contributed by atoms with E-state index in [9.17, 15) is 8.42 Å². The molecule has 1 N–H and O–H groups in total. The first-order valence-corrected chi connectivity index (χ1v) is 10.5. The monoisotopic (exact) mass is 374 g/mol. The van der Waals surface area contributed by atoms with Crippen LogP contribution in [0.15, 0.2) is 52.2 Å². The van der Waals surface area contributed by atoms with Gasteiger partial charge in [-0.2, -0.15) is 0 Å². The standard InChI is InChI=1S/C17H18N4O2S2/c22-25(23,17-6-3-11-24-17)20-13-7-9-21(10-8-13)16-12-18-14-4-1-2-5-15(14)19-16/h1-6,11-13,20H,7-10H2.